The number of carbonyl (C=O) groups excluding carboxylic acids is 1. The molecular formula is C23H24F6N2O. The standard InChI is InChI=1S/C23H24F6N2O/c1-13(2)11-31-21(32)20-6-4-14(12-30-20)3-5-15-9-19(15)16-7-17(22(24,25)26)10-18(8-16)23(27,28)29/h4,6-8,10,12-13,15,19H,3,5,9,11H2,1-2H3,(H,31,32). The van der Waals surface area contributed by atoms with Gasteiger partial charge in [-0.2, -0.15) is 26.3 Å². The summed E-state index contributed by atoms with van der Waals surface area (Å²) in [4.78, 5) is 16.1. The van der Waals surface area contributed by atoms with Gasteiger partial charge in [-0.25, -0.2) is 0 Å². The lowest BCUT2D eigenvalue weighted by Crippen LogP contribution is -2.28. The molecule has 1 N–H and O–H groups in total. The van der Waals surface area contributed by atoms with Gasteiger partial charge in [0.1, 0.15) is 5.69 Å². The molecule has 1 fully saturated rings. The summed E-state index contributed by atoms with van der Waals surface area (Å²) in [5.74, 6) is -0.271. The third-order valence-electron chi connectivity index (χ3n) is 5.49. The molecule has 2 aromatic rings. The van der Waals surface area contributed by atoms with E-state index in [2.05, 4.69) is 10.3 Å². The van der Waals surface area contributed by atoms with Gasteiger partial charge in [0, 0.05) is 12.7 Å². The Bertz CT molecular complexity index is 918. The fraction of sp³-hybridized carbons (Fsp3) is 0.478. The van der Waals surface area contributed by atoms with Crippen molar-refractivity contribution in [3.8, 4) is 0 Å². The minimum atomic E-state index is -4.84. The molecule has 3 nitrogen and oxygen atoms in total. The second-order valence-electron chi connectivity index (χ2n) is 8.64. The van der Waals surface area contributed by atoms with E-state index in [1.165, 1.54) is 0 Å². The molecule has 9 heteroatoms. The lowest BCUT2D eigenvalue weighted by molar-refractivity contribution is -0.143. The van der Waals surface area contributed by atoms with Crippen LogP contribution in [0.1, 0.15) is 65.3 Å². The van der Waals surface area contributed by atoms with Crippen molar-refractivity contribution >= 4 is 5.91 Å². The molecule has 2 unspecified atom stereocenters. The molecule has 1 aliphatic carbocycles. The van der Waals surface area contributed by atoms with Crippen LogP contribution in [0.15, 0.2) is 36.5 Å². The topological polar surface area (TPSA) is 42.0 Å². The SMILES string of the molecule is CC(C)CNC(=O)c1ccc(CCC2CC2c2cc(C(F)(F)F)cc(C(F)(F)F)c2)cn1. The Kier molecular flexibility index (Phi) is 6.86. The number of hydrogen-bond donors (Lipinski definition) is 1. The van der Waals surface area contributed by atoms with Gasteiger partial charge < -0.3 is 5.32 Å². The van der Waals surface area contributed by atoms with Crippen molar-refractivity contribution in [2.24, 2.45) is 11.8 Å². The maximum Gasteiger partial charge on any atom is 0.416 e. The van der Waals surface area contributed by atoms with Crippen molar-refractivity contribution in [3.05, 3.63) is 64.5 Å². The van der Waals surface area contributed by atoms with Crippen LogP contribution >= 0.6 is 0 Å². The van der Waals surface area contributed by atoms with E-state index in [1.54, 1.807) is 18.3 Å². The molecule has 1 amide bonds. The number of rotatable bonds is 7. The average molecular weight is 458 g/mol. The summed E-state index contributed by atoms with van der Waals surface area (Å²) in [6.45, 7) is 4.49. The fourth-order valence-electron chi connectivity index (χ4n) is 3.61. The van der Waals surface area contributed by atoms with Crippen LogP contribution < -0.4 is 5.32 Å². The Balaban J connectivity index is 1.61. The quantitative estimate of drug-likeness (QED) is 0.499. The minimum absolute atomic E-state index is 0.00795. The zero-order chi connectivity index (χ0) is 23.7. The van der Waals surface area contributed by atoms with Crippen LogP contribution in [-0.4, -0.2) is 17.4 Å². The third-order valence-corrected chi connectivity index (χ3v) is 5.49. The Morgan fingerprint density at radius 3 is 2.19 bits per heavy atom. The van der Waals surface area contributed by atoms with E-state index in [-0.39, 0.29) is 29.4 Å². The predicted molar refractivity (Wildman–Crippen MR) is 107 cm³/mol. The molecule has 1 aromatic carbocycles. The van der Waals surface area contributed by atoms with Gasteiger partial charge >= 0.3 is 12.4 Å². The van der Waals surface area contributed by atoms with Gasteiger partial charge in [0.05, 0.1) is 11.1 Å². The van der Waals surface area contributed by atoms with E-state index in [9.17, 15) is 31.1 Å². The Labute approximate surface area is 182 Å². The van der Waals surface area contributed by atoms with Crippen LogP contribution in [0, 0.1) is 11.8 Å². The van der Waals surface area contributed by atoms with E-state index < -0.39 is 23.5 Å². The first kappa shape index (κ1) is 24.1. The molecule has 1 aliphatic rings. The summed E-state index contributed by atoms with van der Waals surface area (Å²) in [5.41, 5.74) is -1.32. The third kappa shape index (κ3) is 6.23. The summed E-state index contributed by atoms with van der Waals surface area (Å²) in [6.07, 6.45) is -6.37. The van der Waals surface area contributed by atoms with E-state index in [4.69, 9.17) is 0 Å². The highest BCUT2D eigenvalue weighted by Crippen LogP contribution is 2.51. The second kappa shape index (κ2) is 9.11. The molecule has 0 bridgehead atoms. The van der Waals surface area contributed by atoms with Crippen molar-refractivity contribution in [3.63, 3.8) is 0 Å². The van der Waals surface area contributed by atoms with Crippen molar-refractivity contribution in [2.45, 2.75) is 51.4 Å². The number of pyridine rings is 1. The predicted octanol–water partition coefficient (Wildman–Crippen LogP) is 6.24. The lowest BCUT2D eigenvalue weighted by atomic mass is 9.99. The van der Waals surface area contributed by atoms with Crippen molar-refractivity contribution in [1.29, 1.82) is 0 Å². The minimum Gasteiger partial charge on any atom is -0.350 e. The van der Waals surface area contributed by atoms with Crippen molar-refractivity contribution in [1.82, 2.24) is 10.3 Å². The number of alkyl halides is 6. The lowest BCUT2D eigenvalue weighted by Gasteiger charge is -2.14. The van der Waals surface area contributed by atoms with Gasteiger partial charge in [-0.3, -0.25) is 9.78 Å². The molecule has 2 atom stereocenters. The van der Waals surface area contributed by atoms with Gasteiger partial charge in [0.15, 0.2) is 0 Å². The van der Waals surface area contributed by atoms with Crippen molar-refractivity contribution in [2.75, 3.05) is 6.54 Å². The van der Waals surface area contributed by atoms with Crippen LogP contribution in [0.4, 0.5) is 26.3 Å². The molecule has 0 aliphatic heterocycles. The van der Waals surface area contributed by atoms with Gasteiger partial charge in [-0.1, -0.05) is 19.9 Å². The molecule has 1 heterocycles. The second-order valence-corrected chi connectivity index (χ2v) is 8.64. The van der Waals surface area contributed by atoms with E-state index >= 15 is 0 Å². The van der Waals surface area contributed by atoms with E-state index in [1.807, 2.05) is 13.8 Å². The largest absolute Gasteiger partial charge is 0.416 e. The van der Waals surface area contributed by atoms with Crippen LogP contribution in [0.25, 0.3) is 0 Å². The van der Waals surface area contributed by atoms with Gasteiger partial charge in [0.2, 0.25) is 0 Å². The summed E-state index contributed by atoms with van der Waals surface area (Å²) < 4.78 is 78.4. The molecule has 0 spiro atoms. The molecule has 1 aromatic heterocycles. The molecule has 0 radical (unpaired) electrons. The molecule has 3 rings (SSSR count). The number of aromatic nitrogens is 1. The first-order valence-electron chi connectivity index (χ1n) is 10.4. The molecule has 0 saturated heterocycles. The Hall–Kier alpha value is -2.58. The highest BCUT2D eigenvalue weighted by molar-refractivity contribution is 5.92. The summed E-state index contributed by atoms with van der Waals surface area (Å²) in [7, 11) is 0. The maximum atomic E-state index is 13.1. The first-order chi connectivity index (χ1) is 14.8. The number of amides is 1. The summed E-state index contributed by atoms with van der Waals surface area (Å²) >= 11 is 0. The zero-order valence-electron chi connectivity index (χ0n) is 17.6. The Morgan fingerprint density at radius 1 is 1.06 bits per heavy atom. The van der Waals surface area contributed by atoms with Gasteiger partial charge in [0.25, 0.3) is 5.91 Å². The Morgan fingerprint density at radius 2 is 1.69 bits per heavy atom. The first-order valence-corrected chi connectivity index (χ1v) is 10.4. The number of benzene rings is 1. The van der Waals surface area contributed by atoms with Crippen LogP contribution in [0.3, 0.4) is 0 Å². The van der Waals surface area contributed by atoms with Gasteiger partial charge in [-0.05, 0) is 72.4 Å². The number of nitrogens with zero attached hydrogens (tertiary/aromatic N) is 1. The normalized spacial score (nSPS) is 18.7. The molecular weight excluding hydrogens is 434 g/mol. The average Bonchev–Trinajstić information content (AvgIpc) is 3.49. The fourth-order valence-corrected chi connectivity index (χ4v) is 3.61. The molecule has 1 saturated carbocycles. The monoisotopic (exact) mass is 458 g/mol. The number of nitrogens with one attached hydrogen (secondary N) is 1. The number of aryl methyl sites for hydroxylation is 1. The number of halogens is 6. The van der Waals surface area contributed by atoms with Crippen molar-refractivity contribution < 1.29 is 31.1 Å². The summed E-state index contributed by atoms with van der Waals surface area (Å²) in [6, 6.07) is 5.18. The van der Waals surface area contributed by atoms with Crippen LogP contribution in [-0.2, 0) is 18.8 Å². The number of carbonyl (C=O) groups is 1. The maximum absolute atomic E-state index is 13.1. The molecule has 174 valence electrons. The van der Waals surface area contributed by atoms with Gasteiger partial charge in [-0.15, -0.1) is 0 Å². The van der Waals surface area contributed by atoms with E-state index in [0.29, 0.717) is 37.4 Å². The number of hydrogen-bond acceptors (Lipinski definition) is 2. The highest BCUT2D eigenvalue weighted by Gasteiger charge is 2.42. The van der Waals surface area contributed by atoms with E-state index in [0.717, 1.165) is 17.7 Å². The highest BCUT2D eigenvalue weighted by atomic mass is 19.4. The van der Waals surface area contributed by atoms with Crippen LogP contribution in [0.2, 0.25) is 0 Å². The summed E-state index contributed by atoms with van der Waals surface area (Å²) in [5, 5.41) is 2.77. The molecule has 32 heavy (non-hydrogen) atoms. The smallest absolute Gasteiger partial charge is 0.350 e. The zero-order valence-corrected chi connectivity index (χ0v) is 17.6. The van der Waals surface area contributed by atoms with Crippen LogP contribution in [0.5, 0.6) is 0 Å².